The minimum Gasteiger partial charge on any atom is -0.493 e. The highest BCUT2D eigenvalue weighted by Gasteiger charge is 2.15. The second kappa shape index (κ2) is 9.32. The zero-order chi connectivity index (χ0) is 22.7. The maximum absolute atomic E-state index is 14.0. The lowest BCUT2D eigenvalue weighted by Gasteiger charge is -2.09. The molecule has 0 saturated heterocycles. The van der Waals surface area contributed by atoms with Gasteiger partial charge in [-0.05, 0) is 41.3 Å². The number of halogens is 1. The van der Waals surface area contributed by atoms with Crippen LogP contribution >= 0.6 is 11.3 Å². The summed E-state index contributed by atoms with van der Waals surface area (Å²) < 4.78 is 25.1. The van der Waals surface area contributed by atoms with E-state index in [0.29, 0.717) is 27.3 Å². The van der Waals surface area contributed by atoms with Gasteiger partial charge in [-0.2, -0.15) is 0 Å². The monoisotopic (exact) mass is 448 g/mol. The molecule has 0 aliphatic carbocycles. The number of carbonyl (C=O) groups is 2. The SMILES string of the molecule is COc1ccc(C(=O)CCC(=O)c2cccc(-c3csc4c(F)cccc34)c2)cc1OC. The van der Waals surface area contributed by atoms with Crippen LogP contribution in [0.2, 0.25) is 0 Å². The van der Waals surface area contributed by atoms with E-state index in [2.05, 4.69) is 0 Å². The first kappa shape index (κ1) is 21.7. The third-order valence-electron chi connectivity index (χ3n) is 5.33. The highest BCUT2D eigenvalue weighted by atomic mass is 32.1. The predicted molar refractivity (Wildman–Crippen MR) is 125 cm³/mol. The Labute approximate surface area is 189 Å². The Hall–Kier alpha value is -3.51. The number of benzene rings is 3. The molecular formula is C26H21FO4S. The van der Waals surface area contributed by atoms with Crippen LogP contribution in [0.5, 0.6) is 11.5 Å². The average Bonchev–Trinajstić information content (AvgIpc) is 3.27. The van der Waals surface area contributed by atoms with E-state index in [0.717, 1.165) is 16.5 Å². The van der Waals surface area contributed by atoms with Crippen LogP contribution in [0.25, 0.3) is 21.2 Å². The number of hydrogen-bond acceptors (Lipinski definition) is 5. The average molecular weight is 449 g/mol. The number of fused-ring (bicyclic) bond motifs is 1. The minimum atomic E-state index is -0.250. The number of methoxy groups -OCH3 is 2. The Bertz CT molecular complexity index is 1310. The van der Waals surface area contributed by atoms with E-state index < -0.39 is 0 Å². The van der Waals surface area contributed by atoms with Gasteiger partial charge >= 0.3 is 0 Å². The fraction of sp³-hybridized carbons (Fsp3) is 0.154. The van der Waals surface area contributed by atoms with Crippen molar-refractivity contribution in [2.45, 2.75) is 12.8 Å². The van der Waals surface area contributed by atoms with Crippen LogP contribution in [0.15, 0.2) is 66.0 Å². The zero-order valence-corrected chi connectivity index (χ0v) is 18.5. The van der Waals surface area contributed by atoms with Crippen LogP contribution in [0.4, 0.5) is 4.39 Å². The van der Waals surface area contributed by atoms with E-state index in [9.17, 15) is 14.0 Å². The molecule has 0 saturated carbocycles. The highest BCUT2D eigenvalue weighted by Crippen LogP contribution is 2.35. The predicted octanol–water partition coefficient (Wildman–Crippen LogP) is 6.57. The van der Waals surface area contributed by atoms with Crippen molar-refractivity contribution >= 4 is 33.0 Å². The number of ketones is 2. The molecule has 0 unspecified atom stereocenters. The topological polar surface area (TPSA) is 52.6 Å². The first-order chi connectivity index (χ1) is 15.5. The Morgan fingerprint density at radius 3 is 2.25 bits per heavy atom. The molecule has 0 fully saturated rings. The molecule has 0 aliphatic heterocycles. The molecule has 0 atom stereocenters. The van der Waals surface area contributed by atoms with Crippen LogP contribution in [0.1, 0.15) is 33.6 Å². The van der Waals surface area contributed by atoms with Crippen molar-refractivity contribution in [1.29, 1.82) is 0 Å². The highest BCUT2D eigenvalue weighted by molar-refractivity contribution is 7.17. The number of carbonyl (C=O) groups excluding carboxylic acids is 2. The number of hydrogen-bond donors (Lipinski definition) is 0. The third kappa shape index (κ3) is 4.27. The van der Waals surface area contributed by atoms with E-state index in [1.165, 1.54) is 31.6 Å². The Morgan fingerprint density at radius 1 is 0.844 bits per heavy atom. The van der Waals surface area contributed by atoms with Crippen LogP contribution in [0, 0.1) is 5.82 Å². The molecule has 4 rings (SSSR count). The summed E-state index contributed by atoms with van der Waals surface area (Å²) in [7, 11) is 3.04. The largest absolute Gasteiger partial charge is 0.493 e. The molecule has 4 nitrogen and oxygen atoms in total. The van der Waals surface area contributed by atoms with Crippen molar-refractivity contribution in [2.24, 2.45) is 0 Å². The lowest BCUT2D eigenvalue weighted by atomic mass is 9.97. The van der Waals surface area contributed by atoms with E-state index >= 15 is 0 Å². The molecule has 1 aromatic heterocycles. The molecule has 6 heteroatoms. The summed E-state index contributed by atoms with van der Waals surface area (Å²) in [4.78, 5) is 25.4. The van der Waals surface area contributed by atoms with Crippen LogP contribution < -0.4 is 9.47 Å². The molecule has 0 bridgehead atoms. The summed E-state index contributed by atoms with van der Waals surface area (Å²) >= 11 is 1.34. The standard InChI is InChI=1S/C26H21FO4S/c1-30-24-12-9-18(14-25(24)31-2)23(29)11-10-22(28)17-6-3-5-16(13-17)20-15-32-26-19(20)7-4-8-21(26)27/h3-9,12-15H,10-11H2,1-2H3. The molecule has 0 spiro atoms. The van der Waals surface area contributed by atoms with Crippen LogP contribution in [-0.4, -0.2) is 25.8 Å². The third-order valence-corrected chi connectivity index (χ3v) is 6.34. The van der Waals surface area contributed by atoms with Crippen molar-refractivity contribution in [1.82, 2.24) is 0 Å². The maximum Gasteiger partial charge on any atom is 0.163 e. The summed E-state index contributed by atoms with van der Waals surface area (Å²) in [5, 5.41) is 2.72. The van der Waals surface area contributed by atoms with E-state index in [4.69, 9.17) is 9.47 Å². The van der Waals surface area contributed by atoms with Crippen molar-refractivity contribution < 1.29 is 23.5 Å². The molecule has 0 N–H and O–H groups in total. The maximum atomic E-state index is 14.0. The normalized spacial score (nSPS) is 10.8. The first-order valence-electron chi connectivity index (χ1n) is 10.1. The molecular weight excluding hydrogens is 427 g/mol. The van der Waals surface area contributed by atoms with Gasteiger partial charge in [0.05, 0.1) is 18.9 Å². The molecule has 162 valence electrons. The van der Waals surface area contributed by atoms with Gasteiger partial charge in [0.15, 0.2) is 23.1 Å². The molecule has 4 aromatic rings. The van der Waals surface area contributed by atoms with Gasteiger partial charge in [0.1, 0.15) is 5.82 Å². The first-order valence-corrected chi connectivity index (χ1v) is 10.9. The van der Waals surface area contributed by atoms with Gasteiger partial charge in [-0.1, -0.05) is 30.3 Å². The van der Waals surface area contributed by atoms with Crippen molar-refractivity contribution in [3.05, 3.63) is 83.0 Å². The van der Waals surface area contributed by atoms with Crippen LogP contribution in [0.3, 0.4) is 0 Å². The minimum absolute atomic E-state index is 0.0884. The van der Waals surface area contributed by atoms with Gasteiger partial charge in [0.25, 0.3) is 0 Å². The van der Waals surface area contributed by atoms with Crippen LogP contribution in [-0.2, 0) is 0 Å². The van der Waals surface area contributed by atoms with Gasteiger partial charge in [0, 0.05) is 34.9 Å². The number of rotatable bonds is 8. The summed E-state index contributed by atoms with van der Waals surface area (Å²) in [5.74, 6) is 0.496. The Balaban J connectivity index is 1.50. The van der Waals surface area contributed by atoms with Crippen molar-refractivity contribution in [3.63, 3.8) is 0 Å². The molecule has 32 heavy (non-hydrogen) atoms. The number of Topliss-reactive ketones (excluding diaryl/α,β-unsaturated/α-hetero) is 2. The Morgan fingerprint density at radius 2 is 1.53 bits per heavy atom. The van der Waals surface area contributed by atoms with Crippen molar-refractivity contribution in [3.8, 4) is 22.6 Å². The summed E-state index contributed by atoms with van der Waals surface area (Å²) in [6, 6.07) is 17.2. The lowest BCUT2D eigenvalue weighted by Crippen LogP contribution is -2.06. The Kier molecular flexibility index (Phi) is 6.32. The fourth-order valence-electron chi connectivity index (χ4n) is 3.63. The number of thiophene rings is 1. The smallest absolute Gasteiger partial charge is 0.163 e. The quantitative estimate of drug-likeness (QED) is 0.286. The van der Waals surface area contributed by atoms with Gasteiger partial charge < -0.3 is 9.47 Å². The zero-order valence-electron chi connectivity index (χ0n) is 17.7. The van der Waals surface area contributed by atoms with Gasteiger partial charge in [-0.25, -0.2) is 4.39 Å². The van der Waals surface area contributed by atoms with Crippen molar-refractivity contribution in [2.75, 3.05) is 14.2 Å². The van der Waals surface area contributed by atoms with E-state index in [1.54, 1.807) is 36.4 Å². The summed E-state index contributed by atoms with van der Waals surface area (Å²) in [6.45, 7) is 0. The molecule has 1 heterocycles. The fourth-order valence-corrected chi connectivity index (χ4v) is 4.62. The summed E-state index contributed by atoms with van der Waals surface area (Å²) in [5.41, 5.74) is 2.73. The second-order valence-corrected chi connectivity index (χ2v) is 8.14. The lowest BCUT2D eigenvalue weighted by molar-refractivity contribution is 0.0917. The molecule has 3 aromatic carbocycles. The molecule has 0 radical (unpaired) electrons. The molecule has 0 aliphatic rings. The van der Waals surface area contributed by atoms with Gasteiger partial charge in [-0.15, -0.1) is 11.3 Å². The second-order valence-electron chi connectivity index (χ2n) is 7.26. The van der Waals surface area contributed by atoms with Gasteiger partial charge in [0.2, 0.25) is 0 Å². The number of ether oxygens (including phenoxy) is 2. The van der Waals surface area contributed by atoms with E-state index in [1.807, 2.05) is 23.6 Å². The van der Waals surface area contributed by atoms with E-state index in [-0.39, 0.29) is 30.2 Å². The molecule has 0 amide bonds. The van der Waals surface area contributed by atoms with Gasteiger partial charge in [-0.3, -0.25) is 9.59 Å². The summed E-state index contributed by atoms with van der Waals surface area (Å²) in [6.07, 6.45) is 0.181.